The van der Waals surface area contributed by atoms with Gasteiger partial charge in [-0.1, -0.05) is 35.3 Å². The molecule has 0 bridgehead atoms. The van der Waals surface area contributed by atoms with E-state index in [1.165, 1.54) is 6.20 Å². The highest BCUT2D eigenvalue weighted by molar-refractivity contribution is 6.38. The predicted molar refractivity (Wildman–Crippen MR) is 160 cm³/mol. The second-order valence-corrected chi connectivity index (χ2v) is 10.9. The van der Waals surface area contributed by atoms with Crippen LogP contribution in [-0.2, 0) is 6.42 Å². The molecule has 208 valence electrons. The van der Waals surface area contributed by atoms with Crippen molar-refractivity contribution in [3.05, 3.63) is 98.0 Å². The van der Waals surface area contributed by atoms with Crippen LogP contribution in [0.4, 0.5) is 15.8 Å². The summed E-state index contributed by atoms with van der Waals surface area (Å²) in [4.78, 5) is 31.2. The highest BCUT2D eigenvalue weighted by atomic mass is 35.5. The van der Waals surface area contributed by atoms with Crippen molar-refractivity contribution in [2.75, 3.05) is 56.6 Å². The highest BCUT2D eigenvalue weighted by Crippen LogP contribution is 2.37. The van der Waals surface area contributed by atoms with Crippen LogP contribution in [0.3, 0.4) is 0 Å². The van der Waals surface area contributed by atoms with Crippen molar-refractivity contribution in [3.63, 3.8) is 0 Å². The van der Waals surface area contributed by atoms with Gasteiger partial charge in [0.15, 0.2) is 0 Å². The first-order valence-electron chi connectivity index (χ1n) is 12.9. The fourth-order valence-electron chi connectivity index (χ4n) is 5.07. The van der Waals surface area contributed by atoms with Crippen LogP contribution in [0.5, 0.6) is 0 Å². The number of anilines is 2. The topological polar surface area (TPSA) is 69.0 Å². The summed E-state index contributed by atoms with van der Waals surface area (Å²) in [5.74, 6) is -2.05. The Bertz CT molecular complexity index is 1610. The zero-order valence-electron chi connectivity index (χ0n) is 22.2. The summed E-state index contributed by atoms with van der Waals surface area (Å²) in [7, 11) is 4.01. The van der Waals surface area contributed by atoms with E-state index < -0.39 is 22.8 Å². The number of aromatic nitrogens is 1. The third-order valence-electron chi connectivity index (χ3n) is 7.24. The van der Waals surface area contributed by atoms with Crippen LogP contribution < -0.4 is 15.2 Å². The maximum absolute atomic E-state index is 15.6. The molecule has 0 radical (unpaired) electrons. The fraction of sp³-hybridized carbons (Fsp3) is 0.267. The number of aromatic carboxylic acids is 1. The third kappa shape index (κ3) is 5.52. The van der Waals surface area contributed by atoms with Crippen molar-refractivity contribution in [1.82, 2.24) is 9.47 Å². The molecule has 1 aromatic heterocycles. The Kier molecular flexibility index (Phi) is 8.03. The van der Waals surface area contributed by atoms with Gasteiger partial charge in [0, 0.05) is 55.3 Å². The van der Waals surface area contributed by atoms with Gasteiger partial charge in [0.25, 0.3) is 0 Å². The molecule has 0 unspecified atom stereocenters. The lowest BCUT2D eigenvalue weighted by Gasteiger charge is -2.38. The molecule has 1 fully saturated rings. The number of nitrogens with zero attached hydrogens (tertiary/aromatic N) is 4. The van der Waals surface area contributed by atoms with Crippen LogP contribution in [-0.4, -0.2) is 67.4 Å². The number of carboxylic acid groups (broad SMARTS) is 1. The van der Waals surface area contributed by atoms with Gasteiger partial charge in [-0.3, -0.25) is 4.79 Å². The molecule has 4 aromatic rings. The number of pyridine rings is 1. The number of benzene rings is 3. The summed E-state index contributed by atoms with van der Waals surface area (Å²) in [6.07, 6.45) is 2.12. The summed E-state index contributed by atoms with van der Waals surface area (Å²) < 4.78 is 17.2. The predicted octanol–water partition coefficient (Wildman–Crippen LogP) is 5.57. The number of rotatable bonds is 7. The number of hydrogen-bond acceptors (Lipinski definition) is 5. The molecule has 0 saturated carbocycles. The smallest absolute Gasteiger partial charge is 0.341 e. The van der Waals surface area contributed by atoms with E-state index in [2.05, 4.69) is 9.80 Å². The van der Waals surface area contributed by atoms with Gasteiger partial charge >= 0.3 is 5.97 Å². The second kappa shape index (κ2) is 11.5. The molecule has 1 N–H and O–H groups in total. The highest BCUT2D eigenvalue weighted by Gasteiger charge is 2.27. The van der Waals surface area contributed by atoms with Crippen LogP contribution in [0.25, 0.3) is 16.6 Å². The van der Waals surface area contributed by atoms with Gasteiger partial charge < -0.3 is 24.4 Å². The minimum atomic E-state index is -1.39. The molecule has 7 nitrogen and oxygen atoms in total. The average molecular weight is 583 g/mol. The molecule has 0 aliphatic carbocycles. The minimum Gasteiger partial charge on any atom is -0.477 e. The van der Waals surface area contributed by atoms with E-state index in [9.17, 15) is 14.7 Å². The number of carboxylic acids is 1. The zero-order chi connectivity index (χ0) is 28.6. The Morgan fingerprint density at radius 3 is 2.15 bits per heavy atom. The minimum absolute atomic E-state index is 0.0701. The van der Waals surface area contributed by atoms with Gasteiger partial charge in [0.05, 0.1) is 21.6 Å². The Hall–Kier alpha value is -3.59. The van der Waals surface area contributed by atoms with Gasteiger partial charge in [-0.2, -0.15) is 0 Å². The standard InChI is InChI=1S/C30H29Cl2FN4O3/c1-34(2)12-11-19-3-7-22(8-4-19)37-18-24(30(39)40)29(38)23-17-25(33)28(26(32)27(23)37)36-15-13-35(14-16-36)21-9-5-20(31)6-10-21/h3-10,17-18H,11-16H2,1-2H3,(H,39,40). The van der Waals surface area contributed by atoms with Gasteiger partial charge in [-0.15, -0.1) is 0 Å². The molecule has 0 spiro atoms. The van der Waals surface area contributed by atoms with Gasteiger partial charge in [-0.25, -0.2) is 9.18 Å². The molecule has 0 atom stereocenters. The molecule has 10 heteroatoms. The van der Waals surface area contributed by atoms with Crippen molar-refractivity contribution in [2.24, 2.45) is 0 Å². The van der Waals surface area contributed by atoms with Crippen molar-refractivity contribution in [1.29, 1.82) is 0 Å². The first-order chi connectivity index (χ1) is 19.1. The van der Waals surface area contributed by atoms with Crippen LogP contribution in [0, 0.1) is 5.82 Å². The van der Waals surface area contributed by atoms with Gasteiger partial charge in [0.1, 0.15) is 11.4 Å². The summed E-state index contributed by atoms with van der Waals surface area (Å²) in [5.41, 5.74) is 1.99. The van der Waals surface area contributed by atoms with Crippen LogP contribution in [0.2, 0.25) is 10.0 Å². The molecular weight excluding hydrogens is 554 g/mol. The first-order valence-corrected chi connectivity index (χ1v) is 13.7. The first kappa shape index (κ1) is 28.0. The van der Waals surface area contributed by atoms with Crippen LogP contribution in [0.15, 0.2) is 65.6 Å². The van der Waals surface area contributed by atoms with Gasteiger partial charge in [-0.05, 0) is 68.5 Å². The zero-order valence-corrected chi connectivity index (χ0v) is 23.7. The Labute approximate surface area is 241 Å². The SMILES string of the molecule is CN(C)CCc1ccc(-n2cc(C(=O)O)c(=O)c3cc(F)c(N4CCN(c5ccc(Cl)cc5)CC4)c(Cl)c32)cc1. The maximum atomic E-state index is 15.6. The Morgan fingerprint density at radius 1 is 0.950 bits per heavy atom. The second-order valence-electron chi connectivity index (χ2n) is 10.1. The van der Waals surface area contributed by atoms with Crippen molar-refractivity contribution in [2.45, 2.75) is 6.42 Å². The normalized spacial score (nSPS) is 13.8. The number of fused-ring (bicyclic) bond motifs is 1. The summed E-state index contributed by atoms with van der Waals surface area (Å²) in [6.45, 7) is 3.15. The lowest BCUT2D eigenvalue weighted by Crippen LogP contribution is -2.47. The fourth-order valence-corrected chi connectivity index (χ4v) is 5.60. The van der Waals surface area contributed by atoms with E-state index in [4.69, 9.17) is 23.2 Å². The Morgan fingerprint density at radius 2 is 1.55 bits per heavy atom. The van der Waals surface area contributed by atoms with E-state index in [1.807, 2.05) is 67.5 Å². The monoisotopic (exact) mass is 582 g/mol. The van der Waals surface area contributed by atoms with Crippen molar-refractivity contribution in [3.8, 4) is 5.69 Å². The molecule has 5 rings (SSSR count). The van der Waals surface area contributed by atoms with Gasteiger partial charge in [0.2, 0.25) is 5.43 Å². The van der Waals surface area contributed by atoms with E-state index in [0.717, 1.165) is 30.3 Å². The molecule has 40 heavy (non-hydrogen) atoms. The molecule has 3 aromatic carbocycles. The van der Waals surface area contributed by atoms with E-state index >= 15 is 4.39 Å². The molecular formula is C30H29Cl2FN4O3. The van der Waals surface area contributed by atoms with Crippen LogP contribution in [0.1, 0.15) is 15.9 Å². The van der Waals surface area contributed by atoms with E-state index in [1.54, 1.807) is 4.57 Å². The summed E-state index contributed by atoms with van der Waals surface area (Å²) in [6, 6.07) is 16.3. The molecule has 0 amide bonds. The Balaban J connectivity index is 1.56. The van der Waals surface area contributed by atoms with Crippen LogP contribution >= 0.6 is 23.2 Å². The molecule has 2 heterocycles. The van der Waals surface area contributed by atoms with E-state index in [0.29, 0.717) is 36.9 Å². The number of halogens is 3. The van der Waals surface area contributed by atoms with E-state index in [-0.39, 0.29) is 21.6 Å². The molecule has 1 aliphatic rings. The quantitative estimate of drug-likeness (QED) is 0.307. The lowest BCUT2D eigenvalue weighted by atomic mass is 10.1. The number of likely N-dealkylation sites (N-methyl/N-ethyl adjacent to an activating group) is 1. The number of piperazine rings is 1. The summed E-state index contributed by atoms with van der Waals surface area (Å²) in [5, 5.41) is 10.4. The maximum Gasteiger partial charge on any atom is 0.341 e. The van der Waals surface area contributed by atoms with Crippen molar-refractivity contribution >= 4 is 51.4 Å². The largest absolute Gasteiger partial charge is 0.477 e. The molecule has 1 aliphatic heterocycles. The number of carbonyl (C=O) groups is 1. The lowest BCUT2D eigenvalue weighted by molar-refractivity contribution is 0.0695. The third-order valence-corrected chi connectivity index (χ3v) is 7.85. The molecule has 1 saturated heterocycles. The van der Waals surface area contributed by atoms with Crippen molar-refractivity contribution < 1.29 is 14.3 Å². The summed E-state index contributed by atoms with van der Waals surface area (Å²) >= 11 is 12.9. The average Bonchev–Trinajstić information content (AvgIpc) is 2.93. The number of hydrogen-bond donors (Lipinski definition) is 1.